The molecule has 2 heterocycles. The number of nitrogens with two attached hydrogens (primary N) is 1. The summed E-state index contributed by atoms with van der Waals surface area (Å²) in [4.78, 5) is 22.2. The number of aromatic nitrogens is 2. The van der Waals surface area contributed by atoms with Gasteiger partial charge in [0.25, 0.3) is 5.91 Å². The summed E-state index contributed by atoms with van der Waals surface area (Å²) < 4.78 is 0. The summed E-state index contributed by atoms with van der Waals surface area (Å²) in [5.74, 6) is 0.220. The lowest BCUT2D eigenvalue weighted by molar-refractivity contribution is 0.0504. The third-order valence-electron chi connectivity index (χ3n) is 3.30. The minimum absolute atomic E-state index is 0.0653. The fourth-order valence-electron chi connectivity index (χ4n) is 2.44. The van der Waals surface area contributed by atoms with E-state index in [2.05, 4.69) is 23.8 Å². The van der Waals surface area contributed by atoms with E-state index in [1.54, 1.807) is 0 Å². The molecule has 1 saturated heterocycles. The zero-order valence-electron chi connectivity index (χ0n) is 10.3. The van der Waals surface area contributed by atoms with Crippen LogP contribution in [0.5, 0.6) is 0 Å². The second kappa shape index (κ2) is 4.69. The number of nitrogens with zero attached hydrogens (tertiary/aromatic N) is 3. The average molecular weight is 234 g/mol. The Morgan fingerprint density at radius 2 is 2.00 bits per heavy atom. The Labute approximate surface area is 101 Å². The van der Waals surface area contributed by atoms with Gasteiger partial charge in [-0.15, -0.1) is 0 Å². The number of likely N-dealkylation sites (tertiary alicyclic amines) is 1. The van der Waals surface area contributed by atoms with Crippen molar-refractivity contribution >= 4 is 11.7 Å². The molecular formula is C12H18N4O. The second-order valence-corrected chi connectivity index (χ2v) is 4.67. The van der Waals surface area contributed by atoms with Gasteiger partial charge in [-0.3, -0.25) is 9.78 Å². The zero-order valence-corrected chi connectivity index (χ0v) is 10.3. The molecule has 1 amide bonds. The molecule has 0 radical (unpaired) electrons. The summed E-state index contributed by atoms with van der Waals surface area (Å²) in [5, 5.41) is 0. The minimum Gasteiger partial charge on any atom is -0.382 e. The Bertz CT molecular complexity index is 411. The summed E-state index contributed by atoms with van der Waals surface area (Å²) in [5.41, 5.74) is 5.89. The van der Waals surface area contributed by atoms with Gasteiger partial charge in [0.05, 0.1) is 12.4 Å². The fourth-order valence-corrected chi connectivity index (χ4v) is 2.44. The molecule has 1 fully saturated rings. The highest BCUT2D eigenvalue weighted by atomic mass is 16.2. The third kappa shape index (κ3) is 2.38. The molecule has 1 aromatic rings. The molecule has 17 heavy (non-hydrogen) atoms. The van der Waals surface area contributed by atoms with E-state index in [0.717, 1.165) is 12.8 Å². The maximum absolute atomic E-state index is 12.3. The van der Waals surface area contributed by atoms with Gasteiger partial charge in [-0.25, -0.2) is 4.98 Å². The van der Waals surface area contributed by atoms with E-state index < -0.39 is 0 Å². The predicted molar refractivity (Wildman–Crippen MR) is 65.4 cm³/mol. The number of amides is 1. The highest BCUT2D eigenvalue weighted by Crippen LogP contribution is 2.24. The van der Waals surface area contributed by atoms with E-state index in [4.69, 9.17) is 5.73 Å². The van der Waals surface area contributed by atoms with Crippen LogP contribution in [0.2, 0.25) is 0 Å². The lowest BCUT2D eigenvalue weighted by atomic mass is 9.97. The third-order valence-corrected chi connectivity index (χ3v) is 3.30. The number of carbonyl (C=O) groups excluding carboxylic acids is 1. The van der Waals surface area contributed by atoms with E-state index in [1.807, 2.05) is 4.90 Å². The second-order valence-electron chi connectivity index (χ2n) is 4.67. The Hall–Kier alpha value is -1.65. The Morgan fingerprint density at radius 1 is 1.35 bits per heavy atom. The maximum Gasteiger partial charge on any atom is 0.274 e. The van der Waals surface area contributed by atoms with Crippen LogP contribution in [-0.4, -0.2) is 32.9 Å². The van der Waals surface area contributed by atoms with Crippen molar-refractivity contribution in [2.45, 2.75) is 45.2 Å². The summed E-state index contributed by atoms with van der Waals surface area (Å²) in [6.45, 7) is 4.15. The maximum atomic E-state index is 12.3. The smallest absolute Gasteiger partial charge is 0.274 e. The average Bonchev–Trinajstić information content (AvgIpc) is 2.28. The van der Waals surface area contributed by atoms with Crippen LogP contribution in [0.4, 0.5) is 5.82 Å². The highest BCUT2D eigenvalue weighted by Gasteiger charge is 2.30. The van der Waals surface area contributed by atoms with Crippen molar-refractivity contribution in [2.75, 3.05) is 5.73 Å². The largest absolute Gasteiger partial charge is 0.382 e. The monoisotopic (exact) mass is 234 g/mol. The van der Waals surface area contributed by atoms with Gasteiger partial charge in [-0.2, -0.15) is 0 Å². The number of hydrogen-bond acceptors (Lipinski definition) is 4. The molecular weight excluding hydrogens is 216 g/mol. The number of rotatable bonds is 1. The van der Waals surface area contributed by atoms with Crippen LogP contribution in [0, 0.1) is 0 Å². The van der Waals surface area contributed by atoms with Crippen molar-refractivity contribution in [3.8, 4) is 0 Å². The molecule has 0 saturated carbocycles. The molecule has 2 atom stereocenters. The number of hydrogen-bond donors (Lipinski definition) is 1. The van der Waals surface area contributed by atoms with E-state index in [0.29, 0.717) is 5.69 Å². The summed E-state index contributed by atoms with van der Waals surface area (Å²) in [7, 11) is 0. The van der Waals surface area contributed by atoms with Crippen LogP contribution in [-0.2, 0) is 0 Å². The molecule has 2 unspecified atom stereocenters. The summed E-state index contributed by atoms with van der Waals surface area (Å²) in [6, 6.07) is 0.518. The van der Waals surface area contributed by atoms with Gasteiger partial charge in [-0.1, -0.05) is 0 Å². The zero-order chi connectivity index (χ0) is 12.4. The Morgan fingerprint density at radius 3 is 2.59 bits per heavy atom. The lowest BCUT2D eigenvalue weighted by Gasteiger charge is -2.38. The van der Waals surface area contributed by atoms with Gasteiger partial charge in [0.15, 0.2) is 0 Å². The van der Waals surface area contributed by atoms with Crippen LogP contribution in [0.3, 0.4) is 0 Å². The topological polar surface area (TPSA) is 72.1 Å². The Balaban J connectivity index is 2.24. The van der Waals surface area contributed by atoms with Gasteiger partial charge in [0, 0.05) is 12.1 Å². The number of piperidine rings is 1. The van der Waals surface area contributed by atoms with Crippen molar-refractivity contribution in [1.82, 2.24) is 14.9 Å². The first-order valence-corrected chi connectivity index (χ1v) is 5.99. The first kappa shape index (κ1) is 11.8. The molecule has 5 heteroatoms. The van der Waals surface area contributed by atoms with E-state index >= 15 is 0 Å². The van der Waals surface area contributed by atoms with Gasteiger partial charge in [-0.05, 0) is 33.1 Å². The van der Waals surface area contributed by atoms with Gasteiger partial charge >= 0.3 is 0 Å². The molecule has 0 aliphatic carbocycles. The van der Waals surface area contributed by atoms with Crippen molar-refractivity contribution in [1.29, 1.82) is 0 Å². The van der Waals surface area contributed by atoms with Crippen LogP contribution in [0.25, 0.3) is 0 Å². The molecule has 1 aliphatic heterocycles. The SMILES string of the molecule is CC1CCCC(C)N1C(=O)c1cncc(N)n1. The van der Waals surface area contributed by atoms with Crippen LogP contribution >= 0.6 is 0 Å². The molecule has 1 aromatic heterocycles. The van der Waals surface area contributed by atoms with Crippen molar-refractivity contribution in [2.24, 2.45) is 0 Å². The highest BCUT2D eigenvalue weighted by molar-refractivity contribution is 5.92. The van der Waals surface area contributed by atoms with E-state index in [1.165, 1.54) is 18.8 Å². The van der Waals surface area contributed by atoms with Gasteiger partial charge in [0.1, 0.15) is 11.5 Å². The molecule has 0 spiro atoms. The molecule has 2 N–H and O–H groups in total. The van der Waals surface area contributed by atoms with Crippen molar-refractivity contribution < 1.29 is 4.79 Å². The summed E-state index contributed by atoms with van der Waals surface area (Å²) in [6.07, 6.45) is 6.19. The molecule has 1 aliphatic rings. The van der Waals surface area contributed by atoms with E-state index in [9.17, 15) is 4.79 Å². The lowest BCUT2D eigenvalue weighted by Crippen LogP contribution is -2.47. The Kier molecular flexibility index (Phi) is 3.26. The normalized spacial score (nSPS) is 24.7. The van der Waals surface area contributed by atoms with Gasteiger partial charge in [0.2, 0.25) is 0 Å². The van der Waals surface area contributed by atoms with Crippen LogP contribution in [0.15, 0.2) is 12.4 Å². The van der Waals surface area contributed by atoms with Gasteiger partial charge < -0.3 is 10.6 Å². The first-order chi connectivity index (χ1) is 8.09. The molecule has 2 rings (SSSR count). The first-order valence-electron chi connectivity index (χ1n) is 5.99. The molecule has 92 valence electrons. The summed E-state index contributed by atoms with van der Waals surface area (Å²) >= 11 is 0. The molecule has 0 aromatic carbocycles. The standard InChI is InChI=1S/C12H18N4O/c1-8-4-3-5-9(2)16(8)12(17)10-6-14-7-11(13)15-10/h6-9H,3-5H2,1-2H3,(H2,13,15). The molecule has 5 nitrogen and oxygen atoms in total. The van der Waals surface area contributed by atoms with Crippen molar-refractivity contribution in [3.05, 3.63) is 18.1 Å². The number of carbonyl (C=O) groups is 1. The fraction of sp³-hybridized carbons (Fsp3) is 0.583. The van der Waals surface area contributed by atoms with Crippen LogP contribution in [0.1, 0.15) is 43.6 Å². The van der Waals surface area contributed by atoms with E-state index in [-0.39, 0.29) is 23.8 Å². The quantitative estimate of drug-likeness (QED) is 0.798. The van der Waals surface area contributed by atoms with Crippen LogP contribution < -0.4 is 5.73 Å². The minimum atomic E-state index is -0.0653. The van der Waals surface area contributed by atoms with Crippen molar-refractivity contribution in [3.63, 3.8) is 0 Å². The predicted octanol–water partition coefficient (Wildman–Crippen LogP) is 1.46. The number of nitrogen functional groups attached to an aromatic ring is 1. The number of anilines is 1. The molecule has 0 bridgehead atoms.